The summed E-state index contributed by atoms with van der Waals surface area (Å²) in [4.78, 5) is 21.7. The molecule has 1 unspecified atom stereocenters. The molecule has 0 aliphatic carbocycles. The lowest BCUT2D eigenvalue weighted by Gasteiger charge is -2.21. The zero-order chi connectivity index (χ0) is 11.9. The van der Waals surface area contributed by atoms with Gasteiger partial charge in [-0.25, -0.2) is 0 Å². The molecule has 0 aliphatic rings. The first-order valence-electron chi connectivity index (χ1n) is 5.33. The Morgan fingerprint density at radius 3 is 2.33 bits per heavy atom. The summed E-state index contributed by atoms with van der Waals surface area (Å²) in [6, 6.07) is 0. The van der Waals surface area contributed by atoms with Crippen LogP contribution in [0.4, 0.5) is 0 Å². The van der Waals surface area contributed by atoms with Gasteiger partial charge < -0.3 is 5.11 Å². The Morgan fingerprint density at radius 2 is 2.00 bits per heavy atom. The first-order valence-corrected chi connectivity index (χ1v) is 5.33. The lowest BCUT2D eigenvalue weighted by molar-refractivity contribution is -0.557. The molecule has 0 aromatic heterocycles. The van der Waals surface area contributed by atoms with E-state index in [1.807, 2.05) is 6.92 Å². The number of nitrogens with zero attached hydrogens (tertiary/aromatic N) is 1. The van der Waals surface area contributed by atoms with Crippen molar-refractivity contribution in [1.29, 1.82) is 0 Å². The van der Waals surface area contributed by atoms with Gasteiger partial charge in [0.2, 0.25) is 5.78 Å². The number of hydrogen-bond acceptors (Lipinski definition) is 4. The smallest absolute Gasteiger partial charge is 0.301 e. The monoisotopic (exact) mass is 217 g/mol. The minimum Gasteiger partial charge on any atom is -0.388 e. The number of aliphatic hydroxyl groups excluding tert-OH is 1. The van der Waals surface area contributed by atoms with Gasteiger partial charge in [-0.1, -0.05) is 26.7 Å². The van der Waals surface area contributed by atoms with Gasteiger partial charge in [-0.3, -0.25) is 14.9 Å². The van der Waals surface area contributed by atoms with Crippen LogP contribution in [-0.4, -0.2) is 28.0 Å². The Balaban J connectivity index is 4.66. The van der Waals surface area contributed by atoms with Crippen molar-refractivity contribution in [2.75, 3.05) is 6.61 Å². The van der Waals surface area contributed by atoms with Crippen LogP contribution in [0.15, 0.2) is 0 Å². The van der Waals surface area contributed by atoms with E-state index in [4.69, 9.17) is 5.11 Å². The highest BCUT2D eigenvalue weighted by atomic mass is 16.6. The van der Waals surface area contributed by atoms with Crippen LogP contribution in [0.5, 0.6) is 0 Å². The number of carbonyl (C=O) groups excluding carboxylic acids is 1. The second kappa shape index (κ2) is 6.50. The van der Waals surface area contributed by atoms with Gasteiger partial charge in [0, 0.05) is 17.8 Å². The molecule has 1 atom stereocenters. The number of aliphatic hydroxyl groups is 1. The van der Waals surface area contributed by atoms with E-state index in [1.165, 1.54) is 0 Å². The van der Waals surface area contributed by atoms with Crippen LogP contribution in [0.25, 0.3) is 0 Å². The summed E-state index contributed by atoms with van der Waals surface area (Å²) < 4.78 is 0. The van der Waals surface area contributed by atoms with Crippen LogP contribution in [0.2, 0.25) is 0 Å². The van der Waals surface area contributed by atoms with Crippen molar-refractivity contribution in [2.45, 2.75) is 51.5 Å². The molecule has 15 heavy (non-hydrogen) atoms. The van der Waals surface area contributed by atoms with Gasteiger partial charge >= 0.3 is 5.54 Å². The first-order chi connectivity index (χ1) is 7.05. The van der Waals surface area contributed by atoms with Gasteiger partial charge in [-0.2, -0.15) is 0 Å². The maximum Gasteiger partial charge on any atom is 0.301 e. The van der Waals surface area contributed by atoms with Crippen LogP contribution in [0.3, 0.4) is 0 Å². The zero-order valence-electron chi connectivity index (χ0n) is 9.36. The fourth-order valence-corrected chi connectivity index (χ4v) is 1.55. The molecule has 0 spiro atoms. The summed E-state index contributed by atoms with van der Waals surface area (Å²) in [6.07, 6.45) is 2.60. The fraction of sp³-hybridized carbons (Fsp3) is 0.900. The summed E-state index contributed by atoms with van der Waals surface area (Å²) in [6.45, 7) is 2.86. The predicted molar refractivity (Wildman–Crippen MR) is 56.3 cm³/mol. The van der Waals surface area contributed by atoms with Crippen molar-refractivity contribution in [3.05, 3.63) is 10.1 Å². The minimum absolute atomic E-state index is 0.0909. The third kappa shape index (κ3) is 3.27. The quantitative estimate of drug-likeness (QED) is 0.380. The van der Waals surface area contributed by atoms with E-state index in [0.717, 1.165) is 12.8 Å². The molecule has 0 aromatic carbocycles. The van der Waals surface area contributed by atoms with Gasteiger partial charge in [0.15, 0.2) is 0 Å². The molecule has 0 heterocycles. The maximum atomic E-state index is 11.5. The number of carbonyl (C=O) groups is 1. The highest BCUT2D eigenvalue weighted by Crippen LogP contribution is 2.21. The normalized spacial score (nSPS) is 14.6. The van der Waals surface area contributed by atoms with Crippen molar-refractivity contribution in [3.8, 4) is 0 Å². The number of hydrogen-bond donors (Lipinski definition) is 1. The molecule has 0 rings (SSSR count). The second-order valence-electron chi connectivity index (χ2n) is 3.68. The number of ketones is 1. The Kier molecular flexibility index (Phi) is 6.08. The Hall–Kier alpha value is -0.970. The molecule has 1 N–H and O–H groups in total. The van der Waals surface area contributed by atoms with Crippen LogP contribution in [0, 0.1) is 10.1 Å². The van der Waals surface area contributed by atoms with Crippen LogP contribution < -0.4 is 0 Å². The third-order valence-corrected chi connectivity index (χ3v) is 2.65. The minimum atomic E-state index is -1.76. The van der Waals surface area contributed by atoms with Gasteiger partial charge in [-0.15, -0.1) is 0 Å². The highest BCUT2D eigenvalue weighted by molar-refractivity contribution is 5.86. The largest absolute Gasteiger partial charge is 0.388 e. The van der Waals surface area contributed by atoms with Crippen molar-refractivity contribution in [1.82, 2.24) is 0 Å². The van der Waals surface area contributed by atoms with E-state index in [-0.39, 0.29) is 12.8 Å². The molecule has 0 saturated heterocycles. The van der Waals surface area contributed by atoms with E-state index >= 15 is 0 Å². The topological polar surface area (TPSA) is 80.4 Å². The molecule has 0 radical (unpaired) electrons. The number of nitro groups is 1. The third-order valence-electron chi connectivity index (χ3n) is 2.65. The fourth-order valence-electron chi connectivity index (χ4n) is 1.55. The van der Waals surface area contributed by atoms with Crippen molar-refractivity contribution < 1.29 is 14.8 Å². The molecule has 5 nitrogen and oxygen atoms in total. The number of unbranched alkanes of at least 4 members (excludes halogenated alkanes) is 2. The first kappa shape index (κ1) is 14.0. The van der Waals surface area contributed by atoms with Gasteiger partial charge in [0.1, 0.15) is 6.61 Å². The molecule has 0 aliphatic heterocycles. The average molecular weight is 217 g/mol. The van der Waals surface area contributed by atoms with Gasteiger partial charge in [0.05, 0.1) is 0 Å². The lowest BCUT2D eigenvalue weighted by atomic mass is 9.88. The Morgan fingerprint density at radius 1 is 1.40 bits per heavy atom. The van der Waals surface area contributed by atoms with Crippen LogP contribution in [-0.2, 0) is 4.79 Å². The standard InChI is InChI=1S/C10H19NO4/c1-3-5-6-7-10(8-12,11(14)15)9(13)4-2/h12H,3-8H2,1-2H3. The van der Waals surface area contributed by atoms with E-state index in [0.29, 0.717) is 6.42 Å². The highest BCUT2D eigenvalue weighted by Gasteiger charge is 2.48. The van der Waals surface area contributed by atoms with Crippen LogP contribution in [0.1, 0.15) is 46.0 Å². The molecule has 0 bridgehead atoms. The molecule has 5 heteroatoms. The van der Waals surface area contributed by atoms with E-state index in [1.54, 1.807) is 6.92 Å². The van der Waals surface area contributed by atoms with E-state index in [2.05, 4.69) is 0 Å². The van der Waals surface area contributed by atoms with Gasteiger partial charge in [-0.05, 0) is 6.42 Å². The van der Waals surface area contributed by atoms with E-state index in [9.17, 15) is 14.9 Å². The summed E-state index contributed by atoms with van der Waals surface area (Å²) in [5.74, 6) is -0.480. The van der Waals surface area contributed by atoms with Crippen LogP contribution >= 0.6 is 0 Å². The summed E-state index contributed by atoms with van der Waals surface area (Å²) in [5, 5.41) is 20.0. The molecule has 88 valence electrons. The Bertz CT molecular complexity index is 229. The summed E-state index contributed by atoms with van der Waals surface area (Å²) in [5.41, 5.74) is -1.76. The number of rotatable bonds is 8. The van der Waals surface area contributed by atoms with Crippen molar-refractivity contribution >= 4 is 5.78 Å². The van der Waals surface area contributed by atoms with Crippen molar-refractivity contribution in [2.24, 2.45) is 0 Å². The molecule has 0 fully saturated rings. The van der Waals surface area contributed by atoms with Gasteiger partial charge in [0.25, 0.3) is 0 Å². The molecule has 0 aromatic rings. The summed E-state index contributed by atoms with van der Waals surface area (Å²) in [7, 11) is 0. The zero-order valence-corrected chi connectivity index (χ0v) is 9.36. The average Bonchev–Trinajstić information content (AvgIpc) is 2.23. The number of Topliss-reactive ketones (excluding diaryl/α,β-unsaturated/α-hetero) is 1. The maximum absolute atomic E-state index is 11.5. The van der Waals surface area contributed by atoms with E-state index < -0.39 is 22.9 Å². The molecular weight excluding hydrogens is 198 g/mol. The Labute approximate surface area is 89.6 Å². The molecular formula is C10H19NO4. The second-order valence-corrected chi connectivity index (χ2v) is 3.68. The molecule has 0 saturated carbocycles. The predicted octanol–water partition coefficient (Wildman–Crippen LogP) is 1.55. The van der Waals surface area contributed by atoms with Crippen molar-refractivity contribution in [3.63, 3.8) is 0 Å². The molecule has 0 amide bonds. The SMILES string of the molecule is CCCCCC(CO)(C(=O)CC)[N+](=O)[O-]. The summed E-state index contributed by atoms with van der Waals surface area (Å²) >= 11 is 0. The lowest BCUT2D eigenvalue weighted by Crippen LogP contribution is -2.49.